The number of hydrogen-bond acceptors (Lipinski definition) is 5. The van der Waals surface area contributed by atoms with Gasteiger partial charge in [-0.2, -0.15) is 0 Å². The van der Waals surface area contributed by atoms with Crippen LogP contribution in [0, 0.1) is 0 Å². The summed E-state index contributed by atoms with van der Waals surface area (Å²) >= 11 is 0. The number of esters is 2. The Hall–Kier alpha value is -1.88. The minimum atomic E-state index is -0.778. The Bertz CT molecular complexity index is 1110. The summed E-state index contributed by atoms with van der Waals surface area (Å²) in [4.78, 5) is 24.5. The fourth-order valence-corrected chi connectivity index (χ4v) is 9.69. The Kier molecular flexibility index (Phi) is 59.8. The van der Waals surface area contributed by atoms with E-state index >= 15 is 0 Å². The summed E-state index contributed by atoms with van der Waals surface area (Å²) < 4.78 is 10.7. The van der Waals surface area contributed by atoms with E-state index in [1.54, 1.807) is 0 Å². The van der Waals surface area contributed by atoms with Gasteiger partial charge in [0.15, 0.2) is 6.10 Å². The largest absolute Gasteiger partial charge is 0.462 e. The second kappa shape index (κ2) is 61.4. The first kappa shape index (κ1) is 68.1. The number of carbonyl (C=O) groups excluding carboxylic acids is 2. The maximum Gasteiger partial charge on any atom is 0.306 e. The summed E-state index contributed by atoms with van der Waals surface area (Å²) in [5.74, 6) is -0.588. The number of allylic oxidation sites excluding steroid dienone is 6. The van der Waals surface area contributed by atoms with Crippen molar-refractivity contribution in [2.24, 2.45) is 0 Å². The molecule has 0 aromatic carbocycles. The molecule has 0 aromatic heterocycles. The summed E-state index contributed by atoms with van der Waals surface area (Å²) in [6, 6.07) is 0. The standard InChI is InChI=1S/C65H122O5/c1-3-5-7-9-11-13-15-17-19-21-23-25-26-27-28-29-30-31-32-33-34-35-36-37-38-40-41-43-45-47-49-51-53-55-57-59-64(67)69-62-63(61-66)70-65(68)60-58-56-54-52-50-48-46-44-42-39-24-22-20-18-16-14-12-10-8-6-4-2/h16,18,22,24,42,44,63,66H,3-15,17,19-21,23,25-41,43,45-62H2,1-2H3/b18-16-,24-22-,44-42-. The number of aliphatic hydroxyl groups excluding tert-OH is 1. The Morgan fingerprint density at radius 1 is 0.329 bits per heavy atom. The van der Waals surface area contributed by atoms with E-state index in [0.717, 1.165) is 57.8 Å². The highest BCUT2D eigenvalue weighted by atomic mass is 16.6. The summed E-state index contributed by atoms with van der Waals surface area (Å²) in [5.41, 5.74) is 0. The van der Waals surface area contributed by atoms with Gasteiger partial charge in [0.05, 0.1) is 6.61 Å². The minimum Gasteiger partial charge on any atom is -0.462 e. The van der Waals surface area contributed by atoms with Gasteiger partial charge in [-0.15, -0.1) is 0 Å². The van der Waals surface area contributed by atoms with Crippen molar-refractivity contribution in [3.05, 3.63) is 36.5 Å². The third-order valence-corrected chi connectivity index (χ3v) is 14.4. The highest BCUT2D eigenvalue weighted by molar-refractivity contribution is 5.70. The van der Waals surface area contributed by atoms with Gasteiger partial charge in [0.1, 0.15) is 6.61 Å². The van der Waals surface area contributed by atoms with Gasteiger partial charge in [-0.1, -0.05) is 320 Å². The average molecular weight is 984 g/mol. The molecule has 0 fully saturated rings. The second-order valence-corrected chi connectivity index (χ2v) is 21.5. The second-order valence-electron chi connectivity index (χ2n) is 21.5. The Balaban J connectivity index is 3.40. The van der Waals surface area contributed by atoms with Gasteiger partial charge in [0, 0.05) is 12.8 Å². The summed E-state index contributed by atoms with van der Waals surface area (Å²) in [6.07, 6.45) is 80.2. The van der Waals surface area contributed by atoms with Gasteiger partial charge in [0.2, 0.25) is 0 Å². The number of carbonyl (C=O) groups is 2. The quantitative estimate of drug-likeness (QED) is 0.0373. The first-order valence-corrected chi connectivity index (χ1v) is 31.5. The van der Waals surface area contributed by atoms with E-state index in [1.807, 2.05) is 0 Å². The molecule has 0 aliphatic carbocycles. The molecule has 70 heavy (non-hydrogen) atoms. The van der Waals surface area contributed by atoms with Gasteiger partial charge >= 0.3 is 11.9 Å². The van der Waals surface area contributed by atoms with Crippen molar-refractivity contribution in [2.45, 2.75) is 354 Å². The predicted octanol–water partition coefficient (Wildman–Crippen LogP) is 21.4. The third-order valence-electron chi connectivity index (χ3n) is 14.4. The van der Waals surface area contributed by atoms with E-state index in [1.165, 1.54) is 263 Å². The molecule has 0 aliphatic rings. The molecule has 0 aromatic rings. The van der Waals surface area contributed by atoms with Crippen molar-refractivity contribution in [3.63, 3.8) is 0 Å². The van der Waals surface area contributed by atoms with Crippen LogP contribution in [0.15, 0.2) is 36.5 Å². The molecule has 0 heterocycles. The molecule has 0 amide bonds. The zero-order valence-corrected chi connectivity index (χ0v) is 47.3. The van der Waals surface area contributed by atoms with Crippen molar-refractivity contribution in [2.75, 3.05) is 13.2 Å². The van der Waals surface area contributed by atoms with Gasteiger partial charge < -0.3 is 14.6 Å². The van der Waals surface area contributed by atoms with Crippen LogP contribution >= 0.6 is 0 Å². The zero-order valence-electron chi connectivity index (χ0n) is 47.3. The molecular weight excluding hydrogens is 861 g/mol. The lowest BCUT2D eigenvalue weighted by Crippen LogP contribution is -2.28. The van der Waals surface area contributed by atoms with E-state index in [9.17, 15) is 14.7 Å². The predicted molar refractivity (Wildman–Crippen MR) is 307 cm³/mol. The molecule has 0 spiro atoms. The lowest BCUT2D eigenvalue weighted by Gasteiger charge is -2.15. The van der Waals surface area contributed by atoms with E-state index in [4.69, 9.17) is 9.47 Å². The van der Waals surface area contributed by atoms with Crippen LogP contribution in [0.3, 0.4) is 0 Å². The molecule has 0 saturated carbocycles. The topological polar surface area (TPSA) is 72.8 Å². The zero-order chi connectivity index (χ0) is 50.6. The van der Waals surface area contributed by atoms with E-state index in [-0.39, 0.29) is 25.2 Å². The lowest BCUT2D eigenvalue weighted by molar-refractivity contribution is -0.161. The number of rotatable bonds is 59. The SMILES string of the molecule is CCCCCCC/C=C\C/C=C\C/C=C\CCCCCCCCC(=O)OC(CO)COC(=O)CCCCCCCCCCCCCCCCCCCCCCCCCCCCCCCCCCCCC. The summed E-state index contributed by atoms with van der Waals surface area (Å²) in [5, 5.41) is 9.66. The molecule has 0 radical (unpaired) electrons. The van der Waals surface area contributed by atoms with Crippen LogP contribution in [0.2, 0.25) is 0 Å². The van der Waals surface area contributed by atoms with Crippen LogP contribution < -0.4 is 0 Å². The van der Waals surface area contributed by atoms with Gasteiger partial charge in [-0.3, -0.25) is 9.59 Å². The highest BCUT2D eigenvalue weighted by Crippen LogP contribution is 2.18. The van der Waals surface area contributed by atoms with Crippen LogP contribution in [0.5, 0.6) is 0 Å². The van der Waals surface area contributed by atoms with E-state index < -0.39 is 6.10 Å². The third kappa shape index (κ3) is 58.7. The highest BCUT2D eigenvalue weighted by Gasteiger charge is 2.16. The monoisotopic (exact) mass is 983 g/mol. The number of ether oxygens (including phenoxy) is 2. The van der Waals surface area contributed by atoms with Crippen LogP contribution in [0.4, 0.5) is 0 Å². The van der Waals surface area contributed by atoms with E-state index in [0.29, 0.717) is 12.8 Å². The molecule has 0 rings (SSSR count). The first-order chi connectivity index (χ1) is 34.6. The normalized spacial score (nSPS) is 12.3. The molecule has 1 unspecified atom stereocenters. The van der Waals surface area contributed by atoms with Crippen molar-refractivity contribution >= 4 is 11.9 Å². The van der Waals surface area contributed by atoms with Crippen LogP contribution in [0.25, 0.3) is 0 Å². The van der Waals surface area contributed by atoms with Crippen LogP contribution in [0.1, 0.15) is 348 Å². The Morgan fingerprint density at radius 2 is 0.571 bits per heavy atom. The minimum absolute atomic E-state index is 0.0673. The van der Waals surface area contributed by atoms with Crippen molar-refractivity contribution < 1.29 is 24.2 Å². The number of aliphatic hydroxyl groups is 1. The maximum atomic E-state index is 12.3. The first-order valence-electron chi connectivity index (χ1n) is 31.5. The Labute approximate surface area is 437 Å². The fourth-order valence-electron chi connectivity index (χ4n) is 9.69. The van der Waals surface area contributed by atoms with Gasteiger partial charge in [-0.25, -0.2) is 0 Å². The fraction of sp³-hybridized carbons (Fsp3) is 0.877. The van der Waals surface area contributed by atoms with Gasteiger partial charge in [-0.05, 0) is 51.4 Å². The van der Waals surface area contributed by atoms with E-state index in [2.05, 4.69) is 50.3 Å². The molecule has 1 N–H and O–H groups in total. The Morgan fingerprint density at radius 3 is 0.857 bits per heavy atom. The molecule has 5 heteroatoms. The summed E-state index contributed by atoms with van der Waals surface area (Å²) in [7, 11) is 0. The number of hydrogen-bond donors (Lipinski definition) is 1. The van der Waals surface area contributed by atoms with Crippen LogP contribution in [-0.2, 0) is 19.1 Å². The summed E-state index contributed by atoms with van der Waals surface area (Å²) in [6.45, 7) is 4.17. The molecule has 1 atom stereocenters. The van der Waals surface area contributed by atoms with Gasteiger partial charge in [0.25, 0.3) is 0 Å². The maximum absolute atomic E-state index is 12.3. The molecular formula is C65H122O5. The number of unbranched alkanes of at least 4 members (excludes halogenated alkanes) is 45. The van der Waals surface area contributed by atoms with Crippen molar-refractivity contribution in [1.29, 1.82) is 0 Å². The van der Waals surface area contributed by atoms with Crippen molar-refractivity contribution in [3.8, 4) is 0 Å². The molecule has 0 saturated heterocycles. The lowest BCUT2D eigenvalue weighted by atomic mass is 10.0. The average Bonchev–Trinajstić information content (AvgIpc) is 3.36. The molecule has 5 nitrogen and oxygen atoms in total. The van der Waals surface area contributed by atoms with Crippen molar-refractivity contribution in [1.82, 2.24) is 0 Å². The molecule has 0 bridgehead atoms. The smallest absolute Gasteiger partial charge is 0.306 e. The van der Waals surface area contributed by atoms with Crippen LogP contribution in [-0.4, -0.2) is 36.4 Å². The molecule has 0 aliphatic heterocycles. The molecule has 412 valence electrons.